The third kappa shape index (κ3) is 8.69. The van der Waals surface area contributed by atoms with Crippen molar-refractivity contribution in [3.8, 4) is 0 Å². The Hall–Kier alpha value is -2.90. The van der Waals surface area contributed by atoms with E-state index in [0.29, 0.717) is 23.5 Å². The largest absolute Gasteiger partial charge is 0.352 e. The standard InChI is InChI=1S/C20H28N6O4S.H3N/c1-22-12-6-2-3-7-13-23-20(27)17-10-11-19(24-14-17)26-25-15-16-8-4-5-9-18(16)31(28,29)30-21;/h4-5,8-11,14-15,22H,2-3,6-7,12-13,21H2,1H3,(H,23,27)(H,24,26);1H3/b25-15+;. The third-order valence-corrected chi connectivity index (χ3v) is 5.53. The quantitative estimate of drug-likeness (QED) is 0.167. The molecule has 1 amide bonds. The highest BCUT2D eigenvalue weighted by Gasteiger charge is 2.17. The maximum atomic E-state index is 12.2. The second kappa shape index (κ2) is 14.2. The first-order valence-corrected chi connectivity index (χ1v) is 11.3. The Balaban J connectivity index is 0.00000512. The number of hydrogen-bond donors (Lipinski definition) is 5. The second-order valence-electron chi connectivity index (χ2n) is 6.66. The van der Waals surface area contributed by atoms with Crippen LogP contribution in [0.1, 0.15) is 41.6 Å². The number of nitrogens with one attached hydrogen (secondary N) is 3. The van der Waals surface area contributed by atoms with Crippen molar-refractivity contribution >= 4 is 28.1 Å². The van der Waals surface area contributed by atoms with E-state index in [2.05, 4.69) is 30.4 Å². The van der Waals surface area contributed by atoms with E-state index in [1.165, 1.54) is 18.5 Å². The van der Waals surface area contributed by atoms with Gasteiger partial charge in [-0.3, -0.25) is 10.2 Å². The zero-order valence-electron chi connectivity index (χ0n) is 18.1. The summed E-state index contributed by atoms with van der Waals surface area (Å²) >= 11 is 0. The van der Waals surface area contributed by atoms with E-state index < -0.39 is 10.1 Å². The molecule has 32 heavy (non-hydrogen) atoms. The minimum Gasteiger partial charge on any atom is -0.352 e. The maximum absolute atomic E-state index is 12.2. The summed E-state index contributed by atoms with van der Waals surface area (Å²) in [5, 5.41) is 9.97. The normalized spacial score (nSPS) is 11.2. The van der Waals surface area contributed by atoms with E-state index in [1.807, 2.05) is 7.05 Å². The van der Waals surface area contributed by atoms with Crippen LogP contribution in [0.4, 0.5) is 5.82 Å². The smallest absolute Gasteiger partial charge is 0.313 e. The highest BCUT2D eigenvalue weighted by Crippen LogP contribution is 2.15. The monoisotopic (exact) mass is 465 g/mol. The highest BCUT2D eigenvalue weighted by molar-refractivity contribution is 7.86. The van der Waals surface area contributed by atoms with Crippen LogP contribution in [0.2, 0.25) is 0 Å². The van der Waals surface area contributed by atoms with Gasteiger partial charge in [0.25, 0.3) is 5.91 Å². The Morgan fingerprint density at radius 1 is 1.12 bits per heavy atom. The van der Waals surface area contributed by atoms with Gasteiger partial charge in [-0.2, -0.15) is 23.7 Å². The molecular weight excluding hydrogens is 434 g/mol. The van der Waals surface area contributed by atoms with Crippen LogP contribution in [-0.4, -0.2) is 45.7 Å². The molecule has 0 fully saturated rings. The number of carbonyl (C=O) groups is 1. The van der Waals surface area contributed by atoms with E-state index in [4.69, 9.17) is 5.90 Å². The number of unbranched alkanes of at least 4 members (excludes halogenated alkanes) is 3. The first-order chi connectivity index (χ1) is 15.0. The molecule has 0 aliphatic rings. The fraction of sp³-hybridized carbons (Fsp3) is 0.350. The number of benzene rings is 1. The summed E-state index contributed by atoms with van der Waals surface area (Å²) in [5.41, 5.74) is 3.43. The van der Waals surface area contributed by atoms with Gasteiger partial charge in [-0.15, -0.1) is 0 Å². The van der Waals surface area contributed by atoms with Crippen LogP contribution < -0.4 is 28.1 Å². The Morgan fingerprint density at radius 2 is 1.84 bits per heavy atom. The number of hydrazone groups is 1. The van der Waals surface area contributed by atoms with Crippen LogP contribution in [-0.2, 0) is 14.4 Å². The number of nitrogens with two attached hydrogens (primary N) is 1. The first-order valence-electron chi connectivity index (χ1n) is 9.88. The number of anilines is 1. The average molecular weight is 466 g/mol. The summed E-state index contributed by atoms with van der Waals surface area (Å²) in [6.45, 7) is 1.63. The van der Waals surface area contributed by atoms with Crippen LogP contribution in [0.15, 0.2) is 52.6 Å². The molecule has 11 nitrogen and oxygen atoms in total. The van der Waals surface area contributed by atoms with Crippen molar-refractivity contribution in [3.05, 3.63) is 53.7 Å². The Kier molecular flexibility index (Phi) is 12.1. The molecule has 0 unspecified atom stereocenters. The zero-order chi connectivity index (χ0) is 22.5. The van der Waals surface area contributed by atoms with Crippen LogP contribution in [0.3, 0.4) is 0 Å². The van der Waals surface area contributed by atoms with Crippen molar-refractivity contribution in [3.63, 3.8) is 0 Å². The molecule has 1 heterocycles. The summed E-state index contributed by atoms with van der Waals surface area (Å²) < 4.78 is 27.7. The molecule has 1 aromatic carbocycles. The van der Waals surface area contributed by atoms with Crippen molar-refractivity contribution in [2.75, 3.05) is 25.6 Å². The molecule has 2 rings (SSSR count). The van der Waals surface area contributed by atoms with Crippen LogP contribution in [0.25, 0.3) is 0 Å². The van der Waals surface area contributed by atoms with Gasteiger partial charge in [0.2, 0.25) is 0 Å². The fourth-order valence-corrected chi connectivity index (χ4v) is 3.47. The molecule has 0 bridgehead atoms. The lowest BCUT2D eigenvalue weighted by Crippen LogP contribution is -2.24. The van der Waals surface area contributed by atoms with Crippen LogP contribution in [0, 0.1) is 0 Å². The molecular formula is C20H31N7O4S. The van der Waals surface area contributed by atoms with E-state index in [9.17, 15) is 13.2 Å². The molecule has 176 valence electrons. The van der Waals surface area contributed by atoms with Gasteiger partial charge >= 0.3 is 10.1 Å². The maximum Gasteiger partial charge on any atom is 0.313 e. The summed E-state index contributed by atoms with van der Waals surface area (Å²) in [6, 6.07) is 9.36. The summed E-state index contributed by atoms with van der Waals surface area (Å²) in [6.07, 6.45) is 7.03. The number of nitrogens with zero attached hydrogens (tertiary/aromatic N) is 2. The molecule has 0 saturated heterocycles. The third-order valence-electron chi connectivity index (χ3n) is 4.36. The molecule has 0 spiro atoms. The minimum atomic E-state index is -4.06. The highest BCUT2D eigenvalue weighted by atomic mass is 32.2. The van der Waals surface area contributed by atoms with Gasteiger partial charge in [0.05, 0.1) is 11.8 Å². The predicted molar refractivity (Wildman–Crippen MR) is 124 cm³/mol. The van der Waals surface area contributed by atoms with E-state index in [0.717, 1.165) is 32.2 Å². The van der Waals surface area contributed by atoms with Gasteiger partial charge in [-0.05, 0) is 44.6 Å². The molecule has 0 atom stereocenters. The van der Waals surface area contributed by atoms with E-state index >= 15 is 0 Å². The summed E-state index contributed by atoms with van der Waals surface area (Å²) in [4.78, 5) is 16.2. The van der Waals surface area contributed by atoms with Crippen molar-refractivity contribution in [2.45, 2.75) is 30.6 Å². The molecule has 8 N–H and O–H groups in total. The number of aromatic nitrogens is 1. The van der Waals surface area contributed by atoms with Gasteiger partial charge in [0, 0.05) is 18.3 Å². The van der Waals surface area contributed by atoms with Crippen molar-refractivity contribution < 1.29 is 17.5 Å². The Morgan fingerprint density at radius 3 is 2.50 bits per heavy atom. The Labute approximate surface area is 188 Å². The van der Waals surface area contributed by atoms with Gasteiger partial charge < -0.3 is 16.8 Å². The topological polar surface area (TPSA) is 183 Å². The van der Waals surface area contributed by atoms with Crippen molar-refractivity contribution in [2.24, 2.45) is 11.0 Å². The molecule has 0 aliphatic carbocycles. The average Bonchev–Trinajstić information content (AvgIpc) is 2.79. The predicted octanol–water partition coefficient (Wildman–Crippen LogP) is 1.78. The van der Waals surface area contributed by atoms with Crippen LogP contribution >= 0.6 is 0 Å². The van der Waals surface area contributed by atoms with Gasteiger partial charge in [-0.25, -0.2) is 4.98 Å². The lowest BCUT2D eigenvalue weighted by atomic mass is 10.2. The van der Waals surface area contributed by atoms with Crippen molar-refractivity contribution in [1.82, 2.24) is 21.8 Å². The lowest BCUT2D eigenvalue weighted by molar-refractivity contribution is 0.0952. The second-order valence-corrected chi connectivity index (χ2v) is 8.20. The summed E-state index contributed by atoms with van der Waals surface area (Å²) in [5.74, 6) is 5.05. The SMILES string of the molecule is CNCCCCCCNC(=O)c1ccc(N/N=C/c2ccccc2S(=O)(=O)ON)nc1.N. The Bertz CT molecular complexity index is 966. The van der Waals surface area contributed by atoms with E-state index in [-0.39, 0.29) is 17.0 Å². The minimum absolute atomic E-state index is 0. The zero-order valence-corrected chi connectivity index (χ0v) is 18.9. The lowest BCUT2D eigenvalue weighted by Gasteiger charge is -2.06. The molecule has 0 saturated carbocycles. The number of pyridine rings is 1. The van der Waals surface area contributed by atoms with E-state index in [1.54, 1.807) is 30.3 Å². The van der Waals surface area contributed by atoms with Gasteiger partial charge in [0.15, 0.2) is 0 Å². The first kappa shape index (κ1) is 27.1. The molecule has 2 aromatic rings. The molecule has 12 heteroatoms. The number of rotatable bonds is 13. The summed E-state index contributed by atoms with van der Waals surface area (Å²) in [7, 11) is -2.12. The van der Waals surface area contributed by atoms with Crippen molar-refractivity contribution in [1.29, 1.82) is 0 Å². The fourth-order valence-electron chi connectivity index (χ4n) is 2.71. The number of hydrogen-bond acceptors (Lipinski definition) is 10. The number of carbonyl (C=O) groups excluding carboxylic acids is 1. The molecule has 0 aliphatic heterocycles. The number of amides is 1. The van der Waals surface area contributed by atoms with Gasteiger partial charge in [0.1, 0.15) is 10.7 Å². The molecule has 0 radical (unpaired) electrons. The molecule has 1 aromatic heterocycles. The van der Waals surface area contributed by atoms with Crippen LogP contribution in [0.5, 0.6) is 0 Å². The van der Waals surface area contributed by atoms with Gasteiger partial charge in [-0.1, -0.05) is 31.0 Å².